The molecule has 0 radical (unpaired) electrons. The lowest BCUT2D eigenvalue weighted by Gasteiger charge is -2.36. The Morgan fingerprint density at radius 2 is 1.96 bits per heavy atom. The van der Waals surface area contributed by atoms with Crippen LogP contribution in [0.25, 0.3) is 0 Å². The Balaban J connectivity index is 1.88. The van der Waals surface area contributed by atoms with E-state index in [9.17, 15) is 10.0 Å². The number of anilines is 2. The zero-order valence-electron chi connectivity index (χ0n) is 14.2. The SMILES string of the molecule is CC1(C)SC(=S)N(c2ccccc2)C1N(O)C(=O)Nc1cccc(Cl)c1. The van der Waals surface area contributed by atoms with Gasteiger partial charge in [-0.2, -0.15) is 5.06 Å². The first-order valence-electron chi connectivity index (χ1n) is 7.91. The molecule has 1 unspecified atom stereocenters. The van der Waals surface area contributed by atoms with Crippen LogP contribution < -0.4 is 10.2 Å². The minimum absolute atomic E-state index is 0.496. The number of nitrogens with zero attached hydrogens (tertiary/aromatic N) is 2. The van der Waals surface area contributed by atoms with Crippen LogP contribution in [0, 0.1) is 0 Å². The second-order valence-electron chi connectivity index (χ2n) is 6.34. The molecule has 2 aromatic carbocycles. The second-order valence-corrected chi connectivity index (χ2v) is 9.06. The quantitative estimate of drug-likeness (QED) is 0.415. The third kappa shape index (κ3) is 3.81. The van der Waals surface area contributed by atoms with Crippen molar-refractivity contribution in [2.24, 2.45) is 0 Å². The van der Waals surface area contributed by atoms with Crippen LogP contribution in [0.2, 0.25) is 5.02 Å². The maximum atomic E-state index is 12.6. The molecule has 2 N–H and O–H groups in total. The predicted octanol–water partition coefficient (Wildman–Crippen LogP) is 5.21. The van der Waals surface area contributed by atoms with Gasteiger partial charge in [0, 0.05) is 16.4 Å². The summed E-state index contributed by atoms with van der Waals surface area (Å²) in [6, 6.07) is 15.6. The first-order valence-corrected chi connectivity index (χ1v) is 9.52. The van der Waals surface area contributed by atoms with Crippen LogP contribution in [-0.2, 0) is 0 Å². The molecule has 2 aromatic rings. The average Bonchev–Trinajstić information content (AvgIpc) is 2.83. The van der Waals surface area contributed by atoms with Crippen LogP contribution >= 0.6 is 35.6 Å². The van der Waals surface area contributed by atoms with Crippen molar-refractivity contribution in [1.29, 1.82) is 0 Å². The number of benzene rings is 2. The molecule has 0 saturated carbocycles. The smallest absolute Gasteiger partial charge is 0.306 e. The van der Waals surface area contributed by atoms with Crippen molar-refractivity contribution < 1.29 is 10.0 Å². The third-order valence-electron chi connectivity index (χ3n) is 3.96. The van der Waals surface area contributed by atoms with Crippen LogP contribution in [-0.4, -0.2) is 31.5 Å². The molecule has 0 aromatic heterocycles. The van der Waals surface area contributed by atoms with Gasteiger partial charge >= 0.3 is 6.03 Å². The molecule has 1 saturated heterocycles. The van der Waals surface area contributed by atoms with Gasteiger partial charge in [0.05, 0.1) is 4.75 Å². The van der Waals surface area contributed by atoms with E-state index >= 15 is 0 Å². The predicted molar refractivity (Wildman–Crippen MR) is 111 cm³/mol. The first-order chi connectivity index (χ1) is 12.3. The van der Waals surface area contributed by atoms with Crippen molar-refractivity contribution in [3.05, 3.63) is 59.6 Å². The molecule has 8 heteroatoms. The molecule has 0 aliphatic carbocycles. The summed E-state index contributed by atoms with van der Waals surface area (Å²) in [4.78, 5) is 14.4. The largest absolute Gasteiger partial charge is 0.347 e. The van der Waals surface area contributed by atoms with E-state index in [-0.39, 0.29) is 0 Å². The fraction of sp³-hybridized carbons (Fsp3) is 0.222. The molecule has 1 atom stereocenters. The van der Waals surface area contributed by atoms with Crippen LogP contribution in [0.4, 0.5) is 16.2 Å². The number of hydrogen-bond donors (Lipinski definition) is 2. The molecule has 2 amide bonds. The maximum absolute atomic E-state index is 12.6. The maximum Gasteiger partial charge on any atom is 0.347 e. The number of halogens is 1. The molecule has 1 fully saturated rings. The van der Waals surface area contributed by atoms with Gasteiger partial charge in [-0.1, -0.05) is 59.8 Å². The van der Waals surface area contributed by atoms with Crippen molar-refractivity contribution in [3.63, 3.8) is 0 Å². The Morgan fingerprint density at radius 1 is 1.27 bits per heavy atom. The third-order valence-corrected chi connectivity index (χ3v) is 5.75. The van der Waals surface area contributed by atoms with Gasteiger partial charge < -0.3 is 10.2 Å². The Labute approximate surface area is 166 Å². The van der Waals surface area contributed by atoms with Gasteiger partial charge in [0.1, 0.15) is 4.32 Å². The molecule has 0 bridgehead atoms. The van der Waals surface area contributed by atoms with Gasteiger partial charge in [-0.3, -0.25) is 5.21 Å². The zero-order valence-corrected chi connectivity index (χ0v) is 16.6. The number of hydroxylamine groups is 2. The molecular formula is C18H18ClN3O2S2. The summed E-state index contributed by atoms with van der Waals surface area (Å²) in [6.07, 6.45) is -0.665. The Bertz CT molecular complexity index is 832. The van der Waals surface area contributed by atoms with Gasteiger partial charge in [0.15, 0.2) is 6.17 Å². The molecule has 1 heterocycles. The van der Waals surface area contributed by atoms with E-state index in [1.54, 1.807) is 29.2 Å². The number of urea groups is 1. The molecule has 136 valence electrons. The van der Waals surface area contributed by atoms with E-state index in [0.29, 0.717) is 20.1 Å². The molecular weight excluding hydrogens is 390 g/mol. The molecule has 1 aliphatic heterocycles. The van der Waals surface area contributed by atoms with Crippen molar-refractivity contribution in [2.75, 3.05) is 10.2 Å². The highest BCUT2D eigenvalue weighted by atomic mass is 35.5. The normalized spacial score (nSPS) is 18.7. The lowest BCUT2D eigenvalue weighted by Crippen LogP contribution is -2.55. The molecule has 26 heavy (non-hydrogen) atoms. The number of carbonyl (C=O) groups is 1. The summed E-state index contributed by atoms with van der Waals surface area (Å²) < 4.78 is 0.0914. The van der Waals surface area contributed by atoms with Crippen LogP contribution in [0.5, 0.6) is 0 Å². The van der Waals surface area contributed by atoms with Crippen LogP contribution in [0.15, 0.2) is 54.6 Å². The topological polar surface area (TPSA) is 55.8 Å². The van der Waals surface area contributed by atoms with Crippen LogP contribution in [0.1, 0.15) is 13.8 Å². The number of hydrogen-bond acceptors (Lipinski definition) is 4. The summed E-state index contributed by atoms with van der Waals surface area (Å²) >= 11 is 12.9. The van der Waals surface area contributed by atoms with Crippen molar-refractivity contribution in [1.82, 2.24) is 5.06 Å². The lowest BCUT2D eigenvalue weighted by atomic mass is 10.1. The Kier molecular flexibility index (Phi) is 5.43. The average molecular weight is 408 g/mol. The van der Waals surface area contributed by atoms with Gasteiger partial charge in [-0.05, 0) is 44.2 Å². The van der Waals surface area contributed by atoms with Gasteiger partial charge in [-0.15, -0.1) is 0 Å². The second kappa shape index (κ2) is 7.44. The van der Waals surface area contributed by atoms with E-state index in [4.69, 9.17) is 23.8 Å². The molecule has 5 nitrogen and oxygen atoms in total. The summed E-state index contributed by atoms with van der Waals surface area (Å²) in [5, 5.41) is 14.6. The zero-order chi connectivity index (χ0) is 18.9. The van der Waals surface area contributed by atoms with E-state index in [2.05, 4.69) is 5.32 Å². The molecule has 0 spiro atoms. The van der Waals surface area contributed by atoms with E-state index < -0.39 is 16.9 Å². The number of rotatable bonds is 3. The molecule has 3 rings (SSSR count). The van der Waals surface area contributed by atoms with E-state index in [1.807, 2.05) is 44.2 Å². The highest BCUT2D eigenvalue weighted by molar-refractivity contribution is 8.24. The van der Waals surface area contributed by atoms with Gasteiger partial charge in [0.2, 0.25) is 0 Å². The standard InChI is InChI=1S/C18H18ClN3O2S2/c1-18(2)15(21(17(25)26-18)14-9-4-3-5-10-14)22(24)16(23)20-13-8-6-7-12(19)11-13/h3-11,15,24H,1-2H3,(H,20,23). The number of para-hydroxylation sites is 1. The Hall–Kier alpha value is -1.80. The monoisotopic (exact) mass is 407 g/mol. The summed E-state index contributed by atoms with van der Waals surface area (Å²) in [6.45, 7) is 3.88. The summed E-state index contributed by atoms with van der Waals surface area (Å²) in [5.41, 5.74) is 1.31. The van der Waals surface area contributed by atoms with Crippen LogP contribution in [0.3, 0.4) is 0 Å². The van der Waals surface area contributed by atoms with Crippen molar-refractivity contribution in [2.45, 2.75) is 24.8 Å². The number of amides is 2. The van der Waals surface area contributed by atoms with E-state index in [0.717, 1.165) is 5.69 Å². The lowest BCUT2D eigenvalue weighted by molar-refractivity contribution is -0.0762. The number of thiocarbonyl (C=S) groups is 1. The minimum atomic E-state index is -0.665. The summed E-state index contributed by atoms with van der Waals surface area (Å²) in [7, 11) is 0. The first kappa shape index (κ1) is 19.0. The fourth-order valence-corrected chi connectivity index (χ4v) is 4.94. The minimum Gasteiger partial charge on any atom is -0.306 e. The van der Waals surface area contributed by atoms with Crippen molar-refractivity contribution >= 4 is 57.3 Å². The Morgan fingerprint density at radius 3 is 2.62 bits per heavy atom. The molecule has 1 aliphatic rings. The van der Waals surface area contributed by atoms with Crippen molar-refractivity contribution in [3.8, 4) is 0 Å². The van der Waals surface area contributed by atoms with Gasteiger partial charge in [0.25, 0.3) is 0 Å². The highest BCUT2D eigenvalue weighted by Crippen LogP contribution is 2.44. The summed E-state index contributed by atoms with van der Waals surface area (Å²) in [5.74, 6) is 0. The number of thioether (sulfide) groups is 1. The van der Waals surface area contributed by atoms with E-state index in [1.165, 1.54) is 11.8 Å². The number of carbonyl (C=O) groups excluding carboxylic acids is 1. The van der Waals surface area contributed by atoms with Gasteiger partial charge in [-0.25, -0.2) is 4.79 Å². The number of nitrogens with one attached hydrogen (secondary N) is 1. The highest BCUT2D eigenvalue weighted by Gasteiger charge is 2.50. The fourth-order valence-electron chi connectivity index (χ4n) is 2.83.